The molecule has 0 radical (unpaired) electrons. The fraction of sp³-hybridized carbons (Fsp3) is 0.729. The van der Waals surface area contributed by atoms with Crippen LogP contribution in [0.1, 0.15) is 168 Å². The van der Waals surface area contributed by atoms with Crippen molar-refractivity contribution in [1.82, 2.24) is 5.32 Å². The fourth-order valence-electron chi connectivity index (χ4n) is 6.63. The number of ether oxygens (including phenoxy) is 2. The number of carbonyl (C=O) groups is 1. The SMILES string of the molecule is CC/C=C\C/C=C\C/C=C\C/C=C\CCCCCCCCCCCCC(=O)NC(COC1OC(CO)C(O)C(O)C1O)C(O)/C=C/CC/C=C/CCCCCCC. The van der Waals surface area contributed by atoms with Crippen LogP contribution >= 0.6 is 0 Å². The molecule has 6 N–H and O–H groups in total. The molecular weight excluding hydrogens is 719 g/mol. The molecule has 1 rings (SSSR count). The van der Waals surface area contributed by atoms with Gasteiger partial charge in [-0.15, -0.1) is 0 Å². The van der Waals surface area contributed by atoms with E-state index in [-0.39, 0.29) is 12.5 Å². The molecule has 0 aliphatic carbocycles. The number of amides is 1. The lowest BCUT2D eigenvalue weighted by molar-refractivity contribution is -0.302. The molecule has 328 valence electrons. The summed E-state index contributed by atoms with van der Waals surface area (Å²) in [5.41, 5.74) is 0. The Bertz CT molecular complexity index is 1120. The number of nitrogens with one attached hydrogen (secondary N) is 1. The van der Waals surface area contributed by atoms with Crippen molar-refractivity contribution in [2.75, 3.05) is 13.2 Å². The van der Waals surface area contributed by atoms with E-state index < -0.39 is 49.5 Å². The van der Waals surface area contributed by atoms with Crippen molar-refractivity contribution < 1.29 is 39.8 Å². The van der Waals surface area contributed by atoms with Gasteiger partial charge in [0.05, 0.1) is 25.4 Å². The van der Waals surface area contributed by atoms with Gasteiger partial charge in [-0.05, 0) is 70.6 Å². The molecule has 57 heavy (non-hydrogen) atoms. The Labute approximate surface area is 347 Å². The van der Waals surface area contributed by atoms with Gasteiger partial charge < -0.3 is 40.3 Å². The normalized spacial score (nSPS) is 21.7. The summed E-state index contributed by atoms with van der Waals surface area (Å²) in [6, 6.07) is -0.825. The summed E-state index contributed by atoms with van der Waals surface area (Å²) in [7, 11) is 0. The highest BCUT2D eigenvalue weighted by Crippen LogP contribution is 2.22. The second-order valence-corrected chi connectivity index (χ2v) is 15.5. The summed E-state index contributed by atoms with van der Waals surface area (Å²) < 4.78 is 11.2. The highest BCUT2D eigenvalue weighted by molar-refractivity contribution is 5.76. The van der Waals surface area contributed by atoms with Crippen molar-refractivity contribution in [3.05, 3.63) is 72.9 Å². The van der Waals surface area contributed by atoms with Crippen LogP contribution in [0.2, 0.25) is 0 Å². The van der Waals surface area contributed by atoms with Crippen molar-refractivity contribution in [3.8, 4) is 0 Å². The van der Waals surface area contributed by atoms with Crippen molar-refractivity contribution in [1.29, 1.82) is 0 Å². The van der Waals surface area contributed by atoms with E-state index in [1.54, 1.807) is 6.08 Å². The Morgan fingerprint density at radius 3 is 1.68 bits per heavy atom. The third kappa shape index (κ3) is 28.7. The van der Waals surface area contributed by atoms with Crippen LogP contribution in [0.15, 0.2) is 72.9 Å². The summed E-state index contributed by atoms with van der Waals surface area (Å²) in [5.74, 6) is -0.197. The number of rotatable bonds is 36. The zero-order valence-corrected chi connectivity index (χ0v) is 35.8. The van der Waals surface area contributed by atoms with Crippen molar-refractivity contribution in [2.24, 2.45) is 0 Å². The van der Waals surface area contributed by atoms with E-state index in [0.717, 1.165) is 77.0 Å². The zero-order chi connectivity index (χ0) is 41.6. The summed E-state index contributed by atoms with van der Waals surface area (Å²) in [5, 5.41) is 54.0. The Morgan fingerprint density at radius 1 is 0.614 bits per heavy atom. The highest BCUT2D eigenvalue weighted by Gasteiger charge is 2.44. The molecule has 1 saturated heterocycles. The van der Waals surface area contributed by atoms with Crippen LogP contribution in [0.5, 0.6) is 0 Å². The molecular formula is C48H83NO8. The van der Waals surface area contributed by atoms with Crippen LogP contribution < -0.4 is 5.32 Å². The van der Waals surface area contributed by atoms with Gasteiger partial charge in [-0.1, -0.05) is 164 Å². The quantitative estimate of drug-likeness (QED) is 0.0271. The second kappa shape index (κ2) is 37.9. The lowest BCUT2D eigenvalue weighted by Crippen LogP contribution is -2.60. The summed E-state index contributed by atoms with van der Waals surface area (Å²) in [6.07, 6.45) is 43.8. The average molecular weight is 802 g/mol. The Morgan fingerprint density at radius 2 is 1.11 bits per heavy atom. The summed E-state index contributed by atoms with van der Waals surface area (Å²) >= 11 is 0. The standard InChI is InChI=1S/C48H83NO8/c1-3-5-7-9-11-13-15-16-17-18-19-20-21-22-23-24-25-26-28-30-32-34-36-38-44(52)49-41(40-56-48-47(55)46(54)45(53)43(39-50)57-48)42(51)37-35-33-31-29-27-14-12-10-8-6-4-2/h5,7,11,13,16-17,19-20,27,29,35,37,41-43,45-48,50-51,53-55H,3-4,6,8-10,12,14-15,18,21-26,28,30-34,36,38-40H2,1-2H3,(H,49,52)/b7-5-,13-11-,17-16-,20-19-,29-27+,37-35+. The van der Waals surface area contributed by atoms with E-state index in [9.17, 15) is 30.3 Å². The molecule has 0 aromatic rings. The van der Waals surface area contributed by atoms with Gasteiger partial charge in [0.2, 0.25) is 5.91 Å². The van der Waals surface area contributed by atoms with E-state index in [1.165, 1.54) is 70.6 Å². The maximum atomic E-state index is 12.9. The molecule has 7 unspecified atom stereocenters. The first-order valence-electron chi connectivity index (χ1n) is 22.7. The number of carbonyl (C=O) groups excluding carboxylic acids is 1. The van der Waals surface area contributed by atoms with Crippen molar-refractivity contribution in [3.63, 3.8) is 0 Å². The first-order chi connectivity index (χ1) is 27.8. The van der Waals surface area contributed by atoms with Gasteiger partial charge in [0, 0.05) is 6.42 Å². The molecule has 9 heteroatoms. The molecule has 0 saturated carbocycles. The lowest BCUT2D eigenvalue weighted by atomic mass is 9.99. The maximum Gasteiger partial charge on any atom is 0.220 e. The third-order valence-corrected chi connectivity index (χ3v) is 10.3. The largest absolute Gasteiger partial charge is 0.394 e. The van der Waals surface area contributed by atoms with Crippen molar-refractivity contribution in [2.45, 2.75) is 211 Å². The Kier molecular flexibility index (Phi) is 35.0. The molecule has 9 nitrogen and oxygen atoms in total. The minimum absolute atomic E-state index is 0.197. The number of aliphatic hydroxyl groups is 5. The van der Waals surface area contributed by atoms with Crippen LogP contribution in [0.4, 0.5) is 0 Å². The molecule has 1 fully saturated rings. The number of hydrogen-bond acceptors (Lipinski definition) is 8. The Balaban J connectivity index is 2.31. The number of allylic oxidation sites excluding steroid dienone is 11. The van der Waals surface area contributed by atoms with E-state index >= 15 is 0 Å². The molecule has 0 bridgehead atoms. The molecule has 1 aliphatic rings. The molecule has 0 aromatic carbocycles. The van der Waals surface area contributed by atoms with Crippen LogP contribution in [-0.4, -0.2) is 87.5 Å². The van der Waals surface area contributed by atoms with Gasteiger partial charge in [-0.2, -0.15) is 0 Å². The van der Waals surface area contributed by atoms with Crippen molar-refractivity contribution >= 4 is 5.91 Å². The average Bonchev–Trinajstić information content (AvgIpc) is 3.21. The van der Waals surface area contributed by atoms with Gasteiger partial charge in [0.15, 0.2) is 6.29 Å². The second-order valence-electron chi connectivity index (χ2n) is 15.5. The van der Waals surface area contributed by atoms with Gasteiger partial charge in [-0.3, -0.25) is 4.79 Å². The number of aliphatic hydroxyl groups excluding tert-OH is 5. The first kappa shape index (κ1) is 52.6. The highest BCUT2D eigenvalue weighted by atomic mass is 16.7. The summed E-state index contributed by atoms with van der Waals surface area (Å²) in [4.78, 5) is 12.9. The smallest absolute Gasteiger partial charge is 0.220 e. The molecule has 0 aromatic heterocycles. The lowest BCUT2D eigenvalue weighted by Gasteiger charge is -2.40. The van der Waals surface area contributed by atoms with Crippen LogP contribution in [0.3, 0.4) is 0 Å². The Hall–Kier alpha value is -2.37. The van der Waals surface area contributed by atoms with Gasteiger partial charge in [0.25, 0.3) is 0 Å². The van der Waals surface area contributed by atoms with E-state index in [2.05, 4.69) is 79.9 Å². The van der Waals surface area contributed by atoms with Crippen LogP contribution in [0.25, 0.3) is 0 Å². The minimum atomic E-state index is -1.57. The summed E-state index contributed by atoms with van der Waals surface area (Å²) in [6.45, 7) is 3.59. The first-order valence-corrected chi connectivity index (χ1v) is 22.7. The predicted molar refractivity (Wildman–Crippen MR) is 235 cm³/mol. The van der Waals surface area contributed by atoms with E-state index in [0.29, 0.717) is 6.42 Å². The van der Waals surface area contributed by atoms with Gasteiger partial charge >= 0.3 is 0 Å². The molecule has 1 aliphatic heterocycles. The van der Waals surface area contributed by atoms with Gasteiger partial charge in [-0.25, -0.2) is 0 Å². The fourth-order valence-corrected chi connectivity index (χ4v) is 6.63. The number of hydrogen-bond donors (Lipinski definition) is 6. The zero-order valence-electron chi connectivity index (χ0n) is 35.8. The number of unbranched alkanes of at least 4 members (excludes halogenated alkanes) is 16. The predicted octanol–water partition coefficient (Wildman–Crippen LogP) is 9.39. The molecule has 1 amide bonds. The van der Waals surface area contributed by atoms with Crippen LogP contribution in [-0.2, 0) is 14.3 Å². The molecule has 1 heterocycles. The minimum Gasteiger partial charge on any atom is -0.394 e. The topological polar surface area (TPSA) is 149 Å². The van der Waals surface area contributed by atoms with E-state index in [4.69, 9.17) is 9.47 Å². The van der Waals surface area contributed by atoms with Gasteiger partial charge in [0.1, 0.15) is 24.4 Å². The maximum absolute atomic E-state index is 12.9. The van der Waals surface area contributed by atoms with Crippen LogP contribution in [0, 0.1) is 0 Å². The third-order valence-electron chi connectivity index (χ3n) is 10.3. The monoisotopic (exact) mass is 802 g/mol. The molecule has 7 atom stereocenters. The molecule has 0 spiro atoms. The van der Waals surface area contributed by atoms with E-state index in [1.807, 2.05) is 6.08 Å².